The molecule has 0 aromatic carbocycles. The van der Waals surface area contributed by atoms with Gasteiger partial charge in [-0.1, -0.05) is 77.0 Å². The lowest BCUT2D eigenvalue weighted by Gasteiger charge is -2.53. The predicted molar refractivity (Wildman–Crippen MR) is 199 cm³/mol. The van der Waals surface area contributed by atoms with E-state index in [2.05, 4.69) is 4.90 Å². The molecule has 8 saturated carbocycles. The largest absolute Gasteiger partial charge is 0.374 e. The summed E-state index contributed by atoms with van der Waals surface area (Å²) < 4.78 is 22.3. The predicted octanol–water partition coefficient (Wildman–Crippen LogP) is 10.5. The molecule has 8 aliphatic carbocycles. The Balaban J connectivity index is 0.893. The number of rotatable bonds is 4. The van der Waals surface area contributed by atoms with Gasteiger partial charge in [-0.15, -0.1) is 0 Å². The first kappa shape index (κ1) is 33.2. The van der Waals surface area contributed by atoms with Gasteiger partial charge in [0, 0.05) is 24.0 Å². The minimum absolute atomic E-state index is 0.461. The highest BCUT2D eigenvalue weighted by molar-refractivity contribution is 5.12. The number of hydrogen-bond donors (Lipinski definition) is 0. The minimum Gasteiger partial charge on any atom is -0.374 e. The van der Waals surface area contributed by atoms with Gasteiger partial charge in [-0.05, 0) is 150 Å². The zero-order valence-electron chi connectivity index (χ0n) is 31.7. The van der Waals surface area contributed by atoms with Crippen molar-refractivity contribution in [3.63, 3.8) is 0 Å². The molecular formula is C46H73NO3. The lowest BCUT2D eigenvalue weighted by Crippen LogP contribution is -2.61. The number of hydrogen-bond acceptors (Lipinski definition) is 4. The van der Waals surface area contributed by atoms with Crippen LogP contribution in [0, 0.1) is 59.2 Å². The summed E-state index contributed by atoms with van der Waals surface area (Å²) in [5.74, 6) is 8.63. The van der Waals surface area contributed by atoms with Gasteiger partial charge >= 0.3 is 0 Å². The average Bonchev–Trinajstić information content (AvgIpc) is 3.88. The second-order valence-corrected chi connectivity index (χ2v) is 20.8. The van der Waals surface area contributed by atoms with E-state index in [1.807, 2.05) is 0 Å². The van der Waals surface area contributed by atoms with Gasteiger partial charge in [-0.25, -0.2) is 0 Å². The summed E-state index contributed by atoms with van der Waals surface area (Å²) in [4.78, 5) is 3.30. The molecule has 0 bridgehead atoms. The standard InChI is InChI=1S/C46H73NO3/c1-2-10-28(11-3-1)29-20-23-31(24-21-29)47(38-17-8-15-33-35-25-22-30-12-4-5-13-32(30)43(35)49-44(33)38)39-18-9-16-34-36-26-27-41-42(46(36)50-45(34)39)37-14-6-7-19-40(37)48-41/h28-46H,1-27H2. The van der Waals surface area contributed by atoms with Crippen molar-refractivity contribution in [1.82, 2.24) is 4.90 Å². The Morgan fingerprint density at radius 2 is 0.840 bits per heavy atom. The van der Waals surface area contributed by atoms with E-state index in [1.54, 1.807) is 0 Å². The maximum Gasteiger partial charge on any atom is 0.0766 e. The van der Waals surface area contributed by atoms with Crippen LogP contribution in [0.5, 0.6) is 0 Å². The summed E-state index contributed by atoms with van der Waals surface area (Å²) in [6.45, 7) is 0. The number of fused-ring (bicyclic) bond motifs is 12. The Morgan fingerprint density at radius 1 is 0.300 bits per heavy atom. The Kier molecular flexibility index (Phi) is 9.20. The quantitative estimate of drug-likeness (QED) is 0.294. The van der Waals surface area contributed by atoms with E-state index in [0.717, 1.165) is 59.3 Å². The van der Waals surface area contributed by atoms with Crippen LogP contribution in [-0.2, 0) is 14.2 Å². The molecule has 11 fully saturated rings. The summed E-state index contributed by atoms with van der Waals surface area (Å²) >= 11 is 0. The second kappa shape index (κ2) is 13.8. The van der Waals surface area contributed by atoms with Gasteiger partial charge in [0.1, 0.15) is 0 Å². The highest BCUT2D eigenvalue weighted by Gasteiger charge is 2.62. The highest BCUT2D eigenvalue weighted by Crippen LogP contribution is 2.59. The van der Waals surface area contributed by atoms with E-state index in [9.17, 15) is 0 Å². The molecule has 0 amide bonds. The fourth-order valence-electron chi connectivity index (χ4n) is 17.0. The van der Waals surface area contributed by atoms with Crippen LogP contribution in [-0.4, -0.2) is 59.6 Å². The van der Waals surface area contributed by atoms with Crippen LogP contribution < -0.4 is 0 Å². The number of ether oxygens (including phenoxy) is 3. The molecule has 4 nitrogen and oxygen atoms in total. The fourth-order valence-corrected chi connectivity index (χ4v) is 17.0. The molecule has 11 aliphatic rings. The van der Waals surface area contributed by atoms with E-state index in [-0.39, 0.29) is 0 Å². The average molecular weight is 688 g/mol. The third-order valence-electron chi connectivity index (χ3n) is 18.9. The Hall–Kier alpha value is -0.160. The van der Waals surface area contributed by atoms with Gasteiger partial charge in [0.25, 0.3) is 0 Å². The lowest BCUT2D eigenvalue weighted by atomic mass is 9.62. The molecule has 3 heterocycles. The smallest absolute Gasteiger partial charge is 0.0766 e. The van der Waals surface area contributed by atoms with E-state index in [1.165, 1.54) is 173 Å². The molecule has 11 rings (SSSR count). The zero-order chi connectivity index (χ0) is 32.8. The summed E-state index contributed by atoms with van der Waals surface area (Å²) in [5.41, 5.74) is 0. The van der Waals surface area contributed by atoms with Crippen molar-refractivity contribution in [2.75, 3.05) is 0 Å². The maximum atomic E-state index is 7.74. The van der Waals surface area contributed by atoms with Crippen LogP contribution >= 0.6 is 0 Å². The zero-order valence-corrected chi connectivity index (χ0v) is 31.7. The molecule has 0 aromatic rings. The molecule has 16 unspecified atom stereocenters. The molecule has 3 aliphatic heterocycles. The third-order valence-corrected chi connectivity index (χ3v) is 18.9. The molecule has 3 saturated heterocycles. The first-order valence-electron chi connectivity index (χ1n) is 23.5. The van der Waals surface area contributed by atoms with Gasteiger partial charge < -0.3 is 14.2 Å². The van der Waals surface area contributed by atoms with E-state index >= 15 is 0 Å². The summed E-state index contributed by atoms with van der Waals surface area (Å²) in [7, 11) is 0. The van der Waals surface area contributed by atoms with Crippen molar-refractivity contribution in [3.8, 4) is 0 Å². The molecule has 0 radical (unpaired) electrons. The van der Waals surface area contributed by atoms with Crippen LogP contribution in [0.15, 0.2) is 0 Å². The van der Waals surface area contributed by atoms with Gasteiger partial charge in [0.2, 0.25) is 0 Å². The monoisotopic (exact) mass is 688 g/mol. The summed E-state index contributed by atoms with van der Waals surface area (Å²) in [5, 5.41) is 0. The Labute approximate surface area is 305 Å². The third kappa shape index (κ3) is 5.52. The van der Waals surface area contributed by atoms with Crippen LogP contribution in [0.1, 0.15) is 173 Å². The molecule has 50 heavy (non-hydrogen) atoms. The second-order valence-electron chi connectivity index (χ2n) is 20.8. The topological polar surface area (TPSA) is 30.9 Å². The summed E-state index contributed by atoms with van der Waals surface area (Å²) in [6, 6.07) is 2.02. The van der Waals surface area contributed by atoms with Crippen molar-refractivity contribution >= 4 is 0 Å². The van der Waals surface area contributed by atoms with Crippen LogP contribution in [0.3, 0.4) is 0 Å². The first-order valence-corrected chi connectivity index (χ1v) is 23.5. The molecular weight excluding hydrogens is 615 g/mol. The van der Waals surface area contributed by atoms with Crippen molar-refractivity contribution in [2.24, 2.45) is 59.2 Å². The van der Waals surface area contributed by atoms with E-state index in [0.29, 0.717) is 54.6 Å². The van der Waals surface area contributed by atoms with Crippen LogP contribution in [0.25, 0.3) is 0 Å². The molecule has 4 heteroatoms. The highest BCUT2D eigenvalue weighted by atomic mass is 16.5. The first-order chi connectivity index (χ1) is 24.8. The lowest BCUT2D eigenvalue weighted by molar-refractivity contribution is -0.133. The van der Waals surface area contributed by atoms with Crippen LogP contribution in [0.2, 0.25) is 0 Å². The summed E-state index contributed by atoms with van der Waals surface area (Å²) in [6.07, 6.45) is 42.1. The Morgan fingerprint density at radius 3 is 1.62 bits per heavy atom. The van der Waals surface area contributed by atoms with E-state index < -0.39 is 0 Å². The van der Waals surface area contributed by atoms with Crippen molar-refractivity contribution in [1.29, 1.82) is 0 Å². The number of nitrogens with zero attached hydrogens (tertiary/aromatic N) is 1. The molecule has 16 atom stereocenters. The van der Waals surface area contributed by atoms with Crippen molar-refractivity contribution in [3.05, 3.63) is 0 Å². The molecule has 0 aromatic heterocycles. The SMILES string of the molecule is C1CCC(C2CCC(N(C3CCCC4C5CCC6CCCCC6C5OC43)C3CCCC4C5CCC6OC7CCCCC7C6C5OC43)CC2)CC1. The van der Waals surface area contributed by atoms with Gasteiger partial charge in [-0.2, -0.15) is 0 Å². The van der Waals surface area contributed by atoms with Gasteiger partial charge in [0.15, 0.2) is 0 Å². The van der Waals surface area contributed by atoms with Gasteiger partial charge in [0.05, 0.1) is 36.6 Å². The molecule has 0 spiro atoms. The molecule has 0 N–H and O–H groups in total. The molecule has 280 valence electrons. The minimum atomic E-state index is 0.461. The maximum absolute atomic E-state index is 7.74. The fraction of sp³-hybridized carbons (Fsp3) is 1.00. The van der Waals surface area contributed by atoms with Gasteiger partial charge in [-0.3, -0.25) is 4.90 Å². The normalized spacial score (nSPS) is 54.9. The van der Waals surface area contributed by atoms with Crippen molar-refractivity contribution < 1.29 is 14.2 Å². The van der Waals surface area contributed by atoms with E-state index in [4.69, 9.17) is 14.2 Å². The Bertz CT molecular complexity index is 1180. The van der Waals surface area contributed by atoms with Crippen LogP contribution in [0.4, 0.5) is 0 Å². The van der Waals surface area contributed by atoms with Crippen molar-refractivity contribution in [2.45, 2.75) is 228 Å².